The first-order chi connectivity index (χ1) is 16.7. The Kier molecular flexibility index (Phi) is 9.28. The average molecular weight is 565 g/mol. The molecule has 0 bridgehead atoms. The molecule has 8 heteroatoms. The number of aryl methyl sites for hydroxylation is 1. The molecule has 1 unspecified atom stereocenters. The lowest BCUT2D eigenvalue weighted by Gasteiger charge is -2.43. The minimum atomic E-state index is -2.77. The van der Waals surface area contributed by atoms with Crippen molar-refractivity contribution in [3.8, 4) is 0 Å². The number of carbonyl (C=O) groups is 1. The van der Waals surface area contributed by atoms with E-state index in [9.17, 15) is 18.7 Å². The van der Waals surface area contributed by atoms with Crippen LogP contribution in [0.15, 0.2) is 61.0 Å². The summed E-state index contributed by atoms with van der Waals surface area (Å²) in [5, 5.41) is 11.3. The van der Waals surface area contributed by atoms with Gasteiger partial charge in [-0.25, -0.2) is 17.9 Å². The van der Waals surface area contributed by atoms with Gasteiger partial charge in [0.2, 0.25) is 5.92 Å². The third-order valence-corrected chi connectivity index (χ3v) is 7.42. The molecule has 0 radical (unpaired) electrons. The van der Waals surface area contributed by atoms with Gasteiger partial charge in [-0.2, -0.15) is 0 Å². The molecule has 1 aromatic carbocycles. The summed E-state index contributed by atoms with van der Waals surface area (Å²) >= 11 is 0. The second kappa shape index (κ2) is 11.8. The van der Waals surface area contributed by atoms with Crippen molar-refractivity contribution in [1.29, 1.82) is 0 Å². The van der Waals surface area contributed by atoms with E-state index in [1.165, 1.54) is 11.1 Å². The number of benzene rings is 1. The van der Waals surface area contributed by atoms with E-state index >= 15 is 0 Å². The zero-order valence-electron chi connectivity index (χ0n) is 20.9. The number of carbonyl (C=O) groups excluding carboxylic acids is 1. The predicted octanol–water partition coefficient (Wildman–Crippen LogP) is 1.68. The molecule has 1 saturated carbocycles. The standard InChI is InChI=1S/C28H35F2N2O3.BrH/c1-21-8-10-23(11-9-21)20-32-15-14-31(22(32)2)16-17-35-26(33)18-24-6-3-4-13-28(24,34)25-7-5-12-27(29,30)19-25;/h3-4,6,8-11,13-15,24-25,34H,5,7,12,16-20H2,1-2H3;1H/q+1;/p-1/t24?,25-,28-;/m1./s1. The van der Waals surface area contributed by atoms with Crippen LogP contribution in [0.2, 0.25) is 0 Å². The predicted molar refractivity (Wildman–Crippen MR) is 129 cm³/mol. The van der Waals surface area contributed by atoms with Crippen LogP contribution in [0, 0.1) is 25.7 Å². The molecule has 2 aliphatic rings. The fraction of sp³-hybridized carbons (Fsp3) is 0.500. The second-order valence-electron chi connectivity index (χ2n) is 9.96. The first-order valence-corrected chi connectivity index (χ1v) is 12.4. The number of ether oxygens (including phenoxy) is 1. The van der Waals surface area contributed by atoms with Gasteiger partial charge in [0.1, 0.15) is 32.1 Å². The van der Waals surface area contributed by atoms with Crippen LogP contribution in [0.25, 0.3) is 0 Å². The zero-order chi connectivity index (χ0) is 25.1. The first kappa shape index (κ1) is 28.3. The normalized spacial score (nSPS) is 24.8. The van der Waals surface area contributed by atoms with Crippen LogP contribution < -0.4 is 21.5 Å². The molecule has 2 aromatic rings. The van der Waals surface area contributed by atoms with Gasteiger partial charge in [-0.05, 0) is 31.2 Å². The Morgan fingerprint density at radius 1 is 1.22 bits per heavy atom. The van der Waals surface area contributed by atoms with Crippen LogP contribution in [0.1, 0.15) is 49.1 Å². The molecule has 4 rings (SSSR count). The summed E-state index contributed by atoms with van der Waals surface area (Å²) in [4.78, 5) is 12.6. The number of nitrogens with zero attached hydrogens (tertiary/aromatic N) is 2. The molecule has 0 spiro atoms. The van der Waals surface area contributed by atoms with Gasteiger partial charge < -0.3 is 26.8 Å². The summed E-state index contributed by atoms with van der Waals surface area (Å²) in [6.45, 7) is 5.56. The fourth-order valence-electron chi connectivity index (χ4n) is 5.25. The van der Waals surface area contributed by atoms with E-state index in [2.05, 4.69) is 35.8 Å². The summed E-state index contributed by atoms with van der Waals surface area (Å²) in [5.41, 5.74) is 0.978. The largest absolute Gasteiger partial charge is 1.00 e. The highest BCUT2D eigenvalue weighted by molar-refractivity contribution is 5.70. The number of aromatic nitrogens is 2. The van der Waals surface area contributed by atoms with Crippen molar-refractivity contribution in [3.05, 3.63) is 77.9 Å². The Balaban J connectivity index is 0.00000361. The molecule has 1 aromatic heterocycles. The van der Waals surface area contributed by atoms with E-state index in [0.29, 0.717) is 19.4 Å². The van der Waals surface area contributed by atoms with Gasteiger partial charge in [0.15, 0.2) is 0 Å². The maximum atomic E-state index is 14.0. The number of allylic oxidation sites excluding steroid dienone is 2. The van der Waals surface area contributed by atoms with Gasteiger partial charge in [0, 0.05) is 25.7 Å². The number of rotatable bonds is 8. The highest BCUT2D eigenvalue weighted by Crippen LogP contribution is 2.46. The van der Waals surface area contributed by atoms with Crippen molar-refractivity contribution < 1.29 is 45.0 Å². The van der Waals surface area contributed by atoms with Gasteiger partial charge in [0.05, 0.1) is 12.0 Å². The fourth-order valence-corrected chi connectivity index (χ4v) is 5.25. The lowest BCUT2D eigenvalue weighted by Crippen LogP contribution is -3.00. The SMILES string of the molecule is Cc1ccc(C[n+]2ccn(CCOC(=O)CC3C=CC=C[C@]3(O)[C@@H]3CCCC(F)(F)C3)c2C)cc1.[Br-]. The monoisotopic (exact) mass is 564 g/mol. The van der Waals surface area contributed by atoms with Crippen LogP contribution in [0.5, 0.6) is 0 Å². The molecule has 2 aliphatic carbocycles. The lowest BCUT2D eigenvalue weighted by atomic mass is 9.67. The van der Waals surface area contributed by atoms with Crippen molar-refractivity contribution in [2.24, 2.45) is 11.8 Å². The molecule has 0 aliphatic heterocycles. The van der Waals surface area contributed by atoms with Crippen LogP contribution in [-0.2, 0) is 22.6 Å². The number of halogens is 3. The van der Waals surface area contributed by atoms with Crippen LogP contribution in [0.3, 0.4) is 0 Å². The highest BCUT2D eigenvalue weighted by Gasteiger charge is 2.48. The molecule has 36 heavy (non-hydrogen) atoms. The Bertz CT molecular complexity index is 1100. The Labute approximate surface area is 222 Å². The highest BCUT2D eigenvalue weighted by atomic mass is 79.9. The van der Waals surface area contributed by atoms with E-state index in [-0.39, 0.29) is 42.9 Å². The zero-order valence-corrected chi connectivity index (χ0v) is 22.5. The number of hydrogen-bond acceptors (Lipinski definition) is 3. The molecule has 0 saturated heterocycles. The Hall–Kier alpha value is -2.32. The number of imidazole rings is 1. The lowest BCUT2D eigenvalue weighted by molar-refractivity contribution is -0.694. The Morgan fingerprint density at radius 3 is 2.69 bits per heavy atom. The summed E-state index contributed by atoms with van der Waals surface area (Å²) in [7, 11) is 0. The van der Waals surface area contributed by atoms with Crippen LogP contribution in [0.4, 0.5) is 8.78 Å². The van der Waals surface area contributed by atoms with Crippen molar-refractivity contribution in [1.82, 2.24) is 4.57 Å². The summed E-state index contributed by atoms with van der Waals surface area (Å²) in [6.07, 6.45) is 11.1. The summed E-state index contributed by atoms with van der Waals surface area (Å²) in [6, 6.07) is 8.43. The maximum Gasteiger partial charge on any atom is 0.306 e. The minimum absolute atomic E-state index is 0. The van der Waals surface area contributed by atoms with E-state index in [1.54, 1.807) is 24.3 Å². The summed E-state index contributed by atoms with van der Waals surface area (Å²) < 4.78 is 37.7. The van der Waals surface area contributed by atoms with E-state index < -0.39 is 29.3 Å². The topological polar surface area (TPSA) is 55.3 Å². The van der Waals surface area contributed by atoms with E-state index in [4.69, 9.17) is 4.74 Å². The van der Waals surface area contributed by atoms with E-state index in [1.807, 2.05) is 23.9 Å². The van der Waals surface area contributed by atoms with Crippen molar-refractivity contribution in [2.45, 2.75) is 70.6 Å². The van der Waals surface area contributed by atoms with Crippen molar-refractivity contribution in [2.75, 3.05) is 6.61 Å². The smallest absolute Gasteiger partial charge is 0.306 e. The van der Waals surface area contributed by atoms with E-state index in [0.717, 1.165) is 12.4 Å². The second-order valence-corrected chi connectivity index (χ2v) is 9.96. The minimum Gasteiger partial charge on any atom is -1.00 e. The van der Waals surface area contributed by atoms with Crippen molar-refractivity contribution in [3.63, 3.8) is 0 Å². The molecule has 0 amide bonds. The number of esters is 1. The summed E-state index contributed by atoms with van der Waals surface area (Å²) in [5.74, 6) is -3.33. The van der Waals surface area contributed by atoms with Crippen molar-refractivity contribution >= 4 is 5.97 Å². The van der Waals surface area contributed by atoms with Gasteiger partial charge in [0.25, 0.3) is 5.82 Å². The molecular formula is C28H35BrF2N2O3. The maximum absolute atomic E-state index is 14.0. The quantitative estimate of drug-likeness (QED) is 0.392. The molecule has 1 N–H and O–H groups in total. The first-order valence-electron chi connectivity index (χ1n) is 12.4. The molecule has 5 nitrogen and oxygen atoms in total. The number of hydrogen-bond donors (Lipinski definition) is 1. The third kappa shape index (κ3) is 6.71. The van der Waals surface area contributed by atoms with Gasteiger partial charge in [-0.1, -0.05) is 54.1 Å². The molecule has 196 valence electrons. The molecular weight excluding hydrogens is 530 g/mol. The molecule has 3 atom stereocenters. The van der Waals surface area contributed by atoms with Gasteiger partial charge in [-0.3, -0.25) is 4.79 Å². The Morgan fingerprint density at radius 2 is 1.97 bits per heavy atom. The number of aliphatic hydroxyl groups is 1. The molecule has 1 fully saturated rings. The van der Waals surface area contributed by atoms with Crippen LogP contribution >= 0.6 is 0 Å². The third-order valence-electron chi connectivity index (χ3n) is 7.42. The van der Waals surface area contributed by atoms with Crippen LogP contribution in [-0.4, -0.2) is 33.8 Å². The van der Waals surface area contributed by atoms with Gasteiger partial charge >= 0.3 is 5.97 Å². The number of alkyl halides is 2. The average Bonchev–Trinajstić information content (AvgIpc) is 3.15. The molecule has 1 heterocycles. The van der Waals surface area contributed by atoms with Gasteiger partial charge in [-0.15, -0.1) is 0 Å².